The molecule has 27 heavy (non-hydrogen) atoms. The molecule has 6 nitrogen and oxygen atoms in total. The third kappa shape index (κ3) is 4.21. The minimum atomic E-state index is -0.0296. The van der Waals surface area contributed by atoms with E-state index in [1.54, 1.807) is 0 Å². The van der Waals surface area contributed by atoms with Crippen LogP contribution in [0.15, 0.2) is 30.5 Å². The molecule has 0 saturated carbocycles. The highest BCUT2D eigenvalue weighted by Gasteiger charge is 2.18. The van der Waals surface area contributed by atoms with Crippen molar-refractivity contribution in [3.8, 4) is 0 Å². The maximum Gasteiger partial charge on any atom is 0.263 e. The second-order valence-corrected chi connectivity index (χ2v) is 7.86. The molecule has 0 spiro atoms. The number of H-pyrrole nitrogens is 1. The largest absolute Gasteiger partial charge is 0.379 e. The fourth-order valence-electron chi connectivity index (χ4n) is 3.41. The first-order valence-corrected chi connectivity index (χ1v) is 10.1. The van der Waals surface area contributed by atoms with Crippen molar-refractivity contribution in [2.75, 3.05) is 32.8 Å². The molecule has 0 bridgehead atoms. The molecule has 1 fully saturated rings. The van der Waals surface area contributed by atoms with Gasteiger partial charge in [0.05, 0.1) is 25.5 Å². The number of para-hydroxylation sites is 1. The fraction of sp³-hybridized carbons (Fsp3) is 0.400. The van der Waals surface area contributed by atoms with E-state index in [9.17, 15) is 4.79 Å². The molecule has 0 unspecified atom stereocenters. The van der Waals surface area contributed by atoms with E-state index in [2.05, 4.69) is 32.3 Å². The van der Waals surface area contributed by atoms with Crippen molar-refractivity contribution in [1.29, 1.82) is 0 Å². The topological polar surface area (TPSA) is 70.2 Å². The number of benzene rings is 1. The number of nitrogens with one attached hydrogen (secondary N) is 2. The van der Waals surface area contributed by atoms with Crippen LogP contribution in [0.3, 0.4) is 0 Å². The molecule has 0 aliphatic carbocycles. The Morgan fingerprint density at radius 2 is 2.15 bits per heavy atom. The van der Waals surface area contributed by atoms with Gasteiger partial charge in [-0.2, -0.15) is 0 Å². The molecule has 1 aromatic carbocycles. The van der Waals surface area contributed by atoms with Gasteiger partial charge in [0.25, 0.3) is 5.91 Å². The van der Waals surface area contributed by atoms with Crippen molar-refractivity contribution in [2.24, 2.45) is 0 Å². The highest BCUT2D eigenvalue weighted by Crippen LogP contribution is 2.21. The van der Waals surface area contributed by atoms with E-state index < -0.39 is 0 Å². The van der Waals surface area contributed by atoms with Crippen LogP contribution in [0.2, 0.25) is 0 Å². The minimum Gasteiger partial charge on any atom is -0.379 e. The first-order chi connectivity index (χ1) is 13.2. The van der Waals surface area contributed by atoms with Gasteiger partial charge >= 0.3 is 0 Å². The summed E-state index contributed by atoms with van der Waals surface area (Å²) in [4.78, 5) is 23.5. The van der Waals surface area contributed by atoms with Gasteiger partial charge in [-0.25, -0.2) is 4.98 Å². The van der Waals surface area contributed by atoms with Crippen LogP contribution in [0.5, 0.6) is 0 Å². The summed E-state index contributed by atoms with van der Waals surface area (Å²) in [5.74, 6) is -0.0296. The first kappa shape index (κ1) is 18.2. The van der Waals surface area contributed by atoms with Crippen molar-refractivity contribution in [1.82, 2.24) is 20.2 Å². The van der Waals surface area contributed by atoms with E-state index >= 15 is 0 Å². The zero-order valence-electron chi connectivity index (χ0n) is 15.5. The highest BCUT2D eigenvalue weighted by atomic mass is 32.1. The van der Waals surface area contributed by atoms with Crippen LogP contribution in [0.4, 0.5) is 0 Å². The van der Waals surface area contributed by atoms with E-state index in [0.29, 0.717) is 6.54 Å². The predicted octanol–water partition coefficient (Wildman–Crippen LogP) is 2.74. The van der Waals surface area contributed by atoms with E-state index in [1.165, 1.54) is 22.3 Å². The fourth-order valence-corrected chi connectivity index (χ4v) is 4.43. The van der Waals surface area contributed by atoms with Gasteiger partial charge < -0.3 is 15.0 Å². The number of aromatic amines is 1. The van der Waals surface area contributed by atoms with Gasteiger partial charge in [-0.3, -0.25) is 9.69 Å². The second-order valence-electron chi connectivity index (χ2n) is 6.78. The maximum absolute atomic E-state index is 12.6. The Bertz CT molecular complexity index is 927. The van der Waals surface area contributed by atoms with E-state index in [4.69, 9.17) is 4.74 Å². The number of hydrogen-bond acceptors (Lipinski definition) is 5. The number of nitrogens with zero attached hydrogens (tertiary/aromatic N) is 2. The Morgan fingerprint density at radius 1 is 1.33 bits per heavy atom. The summed E-state index contributed by atoms with van der Waals surface area (Å²) in [5, 5.41) is 5.26. The van der Waals surface area contributed by atoms with E-state index in [0.717, 1.165) is 60.4 Å². The number of rotatable bonds is 6. The monoisotopic (exact) mass is 384 g/mol. The molecule has 0 radical (unpaired) electrons. The smallest absolute Gasteiger partial charge is 0.263 e. The molecule has 142 valence electrons. The molecular weight excluding hydrogens is 360 g/mol. The molecule has 1 amide bonds. The van der Waals surface area contributed by atoms with Crippen LogP contribution < -0.4 is 5.32 Å². The Kier molecular flexibility index (Phi) is 5.52. The maximum atomic E-state index is 12.6. The summed E-state index contributed by atoms with van der Waals surface area (Å²) >= 11 is 1.50. The molecule has 7 heteroatoms. The molecule has 2 aromatic heterocycles. The number of thiazole rings is 1. The molecular formula is C20H24N4O2S. The van der Waals surface area contributed by atoms with Crippen molar-refractivity contribution in [2.45, 2.75) is 19.9 Å². The summed E-state index contributed by atoms with van der Waals surface area (Å²) in [7, 11) is 0. The zero-order valence-corrected chi connectivity index (χ0v) is 16.3. The van der Waals surface area contributed by atoms with Crippen molar-refractivity contribution in [3.63, 3.8) is 0 Å². The SMILES string of the molecule is Cc1nc(CN2CCOCC2)sc1C(=O)NCCc1c[nH]c2ccccc12. The molecule has 1 aliphatic heterocycles. The van der Waals surface area contributed by atoms with Gasteiger partial charge in [0.2, 0.25) is 0 Å². The van der Waals surface area contributed by atoms with Crippen LogP contribution in [0, 0.1) is 6.92 Å². The standard InChI is InChI=1S/C20H24N4O2S/c1-14-19(27-18(23-14)13-24-8-10-26-11-9-24)20(25)21-7-6-15-12-22-17-5-3-2-4-16(15)17/h2-5,12,22H,6-11,13H2,1H3,(H,21,25). The van der Waals surface area contributed by atoms with Gasteiger partial charge in [0.15, 0.2) is 0 Å². The summed E-state index contributed by atoms with van der Waals surface area (Å²) < 4.78 is 5.38. The lowest BCUT2D eigenvalue weighted by Gasteiger charge is -2.25. The van der Waals surface area contributed by atoms with Crippen LogP contribution >= 0.6 is 11.3 Å². The number of amides is 1. The van der Waals surface area contributed by atoms with Crippen molar-refractivity contribution < 1.29 is 9.53 Å². The molecule has 2 N–H and O–H groups in total. The van der Waals surface area contributed by atoms with E-state index in [1.807, 2.05) is 25.3 Å². The van der Waals surface area contributed by atoms with Gasteiger partial charge in [-0.1, -0.05) is 18.2 Å². The van der Waals surface area contributed by atoms with Crippen molar-refractivity contribution in [3.05, 3.63) is 51.6 Å². The molecule has 4 rings (SSSR count). The highest BCUT2D eigenvalue weighted by molar-refractivity contribution is 7.13. The first-order valence-electron chi connectivity index (χ1n) is 9.30. The number of fused-ring (bicyclic) bond motifs is 1. The third-order valence-electron chi connectivity index (χ3n) is 4.86. The Hall–Kier alpha value is -2.22. The van der Waals surface area contributed by atoms with E-state index in [-0.39, 0.29) is 5.91 Å². The number of carbonyl (C=O) groups excluding carboxylic acids is 1. The third-order valence-corrected chi connectivity index (χ3v) is 6.01. The number of carbonyl (C=O) groups is 1. The van der Waals surface area contributed by atoms with Gasteiger partial charge in [0, 0.05) is 36.7 Å². The number of aryl methyl sites for hydroxylation is 1. The molecule has 3 aromatic rings. The van der Waals surface area contributed by atoms with Crippen LogP contribution in [-0.4, -0.2) is 53.6 Å². The van der Waals surface area contributed by atoms with Gasteiger partial charge in [-0.05, 0) is 25.0 Å². The number of hydrogen-bond donors (Lipinski definition) is 2. The summed E-state index contributed by atoms with van der Waals surface area (Å²) in [5.41, 5.74) is 3.16. The lowest BCUT2D eigenvalue weighted by atomic mass is 10.1. The predicted molar refractivity (Wildman–Crippen MR) is 107 cm³/mol. The summed E-state index contributed by atoms with van der Waals surface area (Å²) in [6.07, 6.45) is 2.82. The minimum absolute atomic E-state index is 0.0296. The average Bonchev–Trinajstić information content (AvgIpc) is 3.26. The van der Waals surface area contributed by atoms with Crippen LogP contribution in [0.1, 0.15) is 25.9 Å². The number of aromatic nitrogens is 2. The normalized spacial score (nSPS) is 15.3. The lowest BCUT2D eigenvalue weighted by molar-refractivity contribution is 0.0341. The molecule has 1 aliphatic rings. The summed E-state index contributed by atoms with van der Waals surface area (Å²) in [6, 6.07) is 8.22. The van der Waals surface area contributed by atoms with Crippen molar-refractivity contribution >= 4 is 28.1 Å². The lowest BCUT2D eigenvalue weighted by Crippen LogP contribution is -2.35. The number of ether oxygens (including phenoxy) is 1. The Labute approximate surface area is 162 Å². The quantitative estimate of drug-likeness (QED) is 0.686. The Balaban J connectivity index is 1.34. The molecule has 3 heterocycles. The number of morpholine rings is 1. The average molecular weight is 385 g/mol. The Morgan fingerprint density at radius 3 is 3.00 bits per heavy atom. The molecule has 0 atom stereocenters. The second kappa shape index (κ2) is 8.21. The van der Waals surface area contributed by atoms with Crippen LogP contribution in [0.25, 0.3) is 10.9 Å². The van der Waals surface area contributed by atoms with Gasteiger partial charge in [0.1, 0.15) is 9.88 Å². The van der Waals surface area contributed by atoms with Crippen LogP contribution in [-0.2, 0) is 17.7 Å². The van der Waals surface area contributed by atoms with Gasteiger partial charge in [-0.15, -0.1) is 11.3 Å². The zero-order chi connectivity index (χ0) is 18.6. The molecule has 1 saturated heterocycles. The summed E-state index contributed by atoms with van der Waals surface area (Å²) in [6.45, 7) is 6.69.